The van der Waals surface area contributed by atoms with E-state index in [2.05, 4.69) is 25.7 Å². The van der Waals surface area contributed by atoms with E-state index in [1.165, 1.54) is 0 Å². The SMILES string of the molecule is C=CC[C@H](CC(C)C)NC(=O)OCc1ccccc1. The first-order valence-corrected chi connectivity index (χ1v) is 6.70. The van der Waals surface area contributed by atoms with E-state index >= 15 is 0 Å². The van der Waals surface area contributed by atoms with Crippen molar-refractivity contribution in [3.05, 3.63) is 48.6 Å². The molecule has 1 aromatic rings. The van der Waals surface area contributed by atoms with Gasteiger partial charge in [0.25, 0.3) is 0 Å². The van der Waals surface area contributed by atoms with Crippen molar-refractivity contribution in [1.29, 1.82) is 0 Å². The van der Waals surface area contributed by atoms with E-state index in [-0.39, 0.29) is 12.1 Å². The number of carbonyl (C=O) groups is 1. The van der Waals surface area contributed by atoms with Crippen LogP contribution in [0.25, 0.3) is 0 Å². The fourth-order valence-electron chi connectivity index (χ4n) is 1.92. The second kappa shape index (κ2) is 8.35. The summed E-state index contributed by atoms with van der Waals surface area (Å²) in [6.45, 7) is 8.28. The Hall–Kier alpha value is -1.77. The smallest absolute Gasteiger partial charge is 0.407 e. The average Bonchev–Trinajstić information content (AvgIpc) is 2.37. The second-order valence-electron chi connectivity index (χ2n) is 5.06. The van der Waals surface area contributed by atoms with Gasteiger partial charge < -0.3 is 10.1 Å². The van der Waals surface area contributed by atoms with Gasteiger partial charge in [0.2, 0.25) is 0 Å². The first-order valence-electron chi connectivity index (χ1n) is 6.70. The third-order valence-corrected chi connectivity index (χ3v) is 2.74. The van der Waals surface area contributed by atoms with Crippen LogP contribution in [0.2, 0.25) is 0 Å². The van der Waals surface area contributed by atoms with Crippen LogP contribution in [0.3, 0.4) is 0 Å². The standard InChI is InChI=1S/C16H23NO2/c1-4-8-15(11-13(2)3)17-16(18)19-12-14-9-6-5-7-10-14/h4-7,9-10,13,15H,1,8,11-12H2,2-3H3,(H,17,18)/t15-/m1/s1. The number of rotatable bonds is 7. The summed E-state index contributed by atoms with van der Waals surface area (Å²) in [7, 11) is 0. The predicted molar refractivity (Wildman–Crippen MR) is 77.8 cm³/mol. The van der Waals surface area contributed by atoms with E-state index in [1.807, 2.05) is 36.4 Å². The third kappa shape index (κ3) is 6.65. The highest BCUT2D eigenvalue weighted by atomic mass is 16.5. The van der Waals surface area contributed by atoms with Crippen LogP contribution >= 0.6 is 0 Å². The van der Waals surface area contributed by atoms with E-state index in [4.69, 9.17) is 4.74 Å². The van der Waals surface area contributed by atoms with Crippen molar-refractivity contribution in [2.75, 3.05) is 0 Å². The molecule has 0 aliphatic carbocycles. The van der Waals surface area contributed by atoms with E-state index in [0.717, 1.165) is 18.4 Å². The number of hydrogen-bond acceptors (Lipinski definition) is 2. The highest BCUT2D eigenvalue weighted by Crippen LogP contribution is 2.09. The summed E-state index contributed by atoms with van der Waals surface area (Å²) in [6.07, 6.45) is 3.15. The number of benzene rings is 1. The van der Waals surface area contributed by atoms with Gasteiger partial charge in [-0.3, -0.25) is 0 Å². The highest BCUT2D eigenvalue weighted by molar-refractivity contribution is 5.67. The maximum atomic E-state index is 11.7. The van der Waals surface area contributed by atoms with Gasteiger partial charge in [0.15, 0.2) is 0 Å². The Balaban J connectivity index is 2.37. The van der Waals surface area contributed by atoms with Crippen LogP contribution in [-0.2, 0) is 11.3 Å². The van der Waals surface area contributed by atoms with Gasteiger partial charge in [-0.1, -0.05) is 50.3 Å². The molecule has 0 aliphatic heterocycles. The molecular formula is C16H23NO2. The zero-order chi connectivity index (χ0) is 14.1. The highest BCUT2D eigenvalue weighted by Gasteiger charge is 2.13. The zero-order valence-electron chi connectivity index (χ0n) is 11.8. The topological polar surface area (TPSA) is 38.3 Å². The predicted octanol–water partition coefficient (Wildman–Crippen LogP) is 3.90. The maximum Gasteiger partial charge on any atom is 0.407 e. The number of hydrogen-bond donors (Lipinski definition) is 1. The van der Waals surface area contributed by atoms with Crippen molar-refractivity contribution in [2.45, 2.75) is 39.3 Å². The molecule has 0 aliphatic rings. The monoisotopic (exact) mass is 261 g/mol. The molecule has 3 heteroatoms. The molecule has 0 unspecified atom stereocenters. The molecule has 1 N–H and O–H groups in total. The van der Waals surface area contributed by atoms with Crippen LogP contribution in [-0.4, -0.2) is 12.1 Å². The number of nitrogens with one attached hydrogen (secondary N) is 1. The van der Waals surface area contributed by atoms with Gasteiger partial charge in [-0.15, -0.1) is 6.58 Å². The lowest BCUT2D eigenvalue weighted by Crippen LogP contribution is -2.35. The molecule has 1 aromatic carbocycles. The van der Waals surface area contributed by atoms with E-state index in [0.29, 0.717) is 12.5 Å². The van der Waals surface area contributed by atoms with Crippen molar-refractivity contribution in [1.82, 2.24) is 5.32 Å². The van der Waals surface area contributed by atoms with Gasteiger partial charge in [-0.2, -0.15) is 0 Å². The fourth-order valence-corrected chi connectivity index (χ4v) is 1.92. The van der Waals surface area contributed by atoms with Crippen LogP contribution < -0.4 is 5.32 Å². The second-order valence-corrected chi connectivity index (χ2v) is 5.06. The van der Waals surface area contributed by atoms with Gasteiger partial charge in [0.05, 0.1) is 0 Å². The Labute approximate surface area is 115 Å². The summed E-state index contributed by atoms with van der Waals surface area (Å²) >= 11 is 0. The molecule has 1 rings (SSSR count). The quantitative estimate of drug-likeness (QED) is 0.756. The van der Waals surface area contributed by atoms with Gasteiger partial charge in [-0.25, -0.2) is 4.79 Å². The molecule has 0 heterocycles. The van der Waals surface area contributed by atoms with Crippen LogP contribution in [0.1, 0.15) is 32.3 Å². The van der Waals surface area contributed by atoms with Crippen molar-refractivity contribution in [3.8, 4) is 0 Å². The number of amides is 1. The summed E-state index contributed by atoms with van der Waals surface area (Å²) in [5.74, 6) is 0.527. The van der Waals surface area contributed by atoms with Crippen LogP contribution in [0.4, 0.5) is 4.79 Å². The number of ether oxygens (including phenoxy) is 1. The van der Waals surface area contributed by atoms with Crippen LogP contribution in [0.15, 0.2) is 43.0 Å². The third-order valence-electron chi connectivity index (χ3n) is 2.74. The molecule has 0 aromatic heterocycles. The van der Waals surface area contributed by atoms with Gasteiger partial charge >= 0.3 is 6.09 Å². The molecule has 0 fully saturated rings. The lowest BCUT2D eigenvalue weighted by Gasteiger charge is -2.18. The van der Waals surface area contributed by atoms with Crippen molar-refractivity contribution in [2.24, 2.45) is 5.92 Å². The van der Waals surface area contributed by atoms with E-state index in [9.17, 15) is 4.79 Å². The Morgan fingerprint density at radius 2 is 2.05 bits per heavy atom. The Morgan fingerprint density at radius 1 is 1.37 bits per heavy atom. The van der Waals surface area contributed by atoms with Crippen molar-refractivity contribution in [3.63, 3.8) is 0 Å². The van der Waals surface area contributed by atoms with Gasteiger partial charge in [0.1, 0.15) is 6.61 Å². The van der Waals surface area contributed by atoms with Crippen LogP contribution in [0, 0.1) is 5.92 Å². The van der Waals surface area contributed by atoms with Crippen LogP contribution in [0.5, 0.6) is 0 Å². The summed E-state index contributed by atoms with van der Waals surface area (Å²) in [4.78, 5) is 11.7. The fraction of sp³-hybridized carbons (Fsp3) is 0.438. The molecule has 1 amide bonds. The first-order chi connectivity index (χ1) is 9.11. The summed E-state index contributed by atoms with van der Waals surface area (Å²) in [6, 6.07) is 9.75. The van der Waals surface area contributed by atoms with Gasteiger partial charge in [-0.05, 0) is 24.3 Å². The molecule has 19 heavy (non-hydrogen) atoms. The molecule has 1 atom stereocenters. The Morgan fingerprint density at radius 3 is 2.63 bits per heavy atom. The molecule has 0 bridgehead atoms. The Bertz CT molecular complexity index is 387. The Kier molecular flexibility index (Phi) is 6.72. The molecule has 0 radical (unpaired) electrons. The summed E-state index contributed by atoms with van der Waals surface area (Å²) in [5, 5.41) is 2.89. The lowest BCUT2D eigenvalue weighted by molar-refractivity contribution is 0.134. The largest absolute Gasteiger partial charge is 0.445 e. The molecule has 104 valence electrons. The zero-order valence-corrected chi connectivity index (χ0v) is 11.8. The van der Waals surface area contributed by atoms with E-state index in [1.54, 1.807) is 0 Å². The molecule has 3 nitrogen and oxygen atoms in total. The minimum atomic E-state index is -0.364. The molecular weight excluding hydrogens is 238 g/mol. The van der Waals surface area contributed by atoms with Crippen molar-refractivity contribution < 1.29 is 9.53 Å². The van der Waals surface area contributed by atoms with Crippen molar-refractivity contribution >= 4 is 6.09 Å². The maximum absolute atomic E-state index is 11.7. The van der Waals surface area contributed by atoms with E-state index < -0.39 is 0 Å². The van der Waals surface area contributed by atoms with Gasteiger partial charge in [0, 0.05) is 6.04 Å². The number of alkyl carbamates (subject to hydrolysis) is 1. The minimum Gasteiger partial charge on any atom is -0.445 e. The lowest BCUT2D eigenvalue weighted by atomic mass is 10.0. The average molecular weight is 261 g/mol. The number of carbonyl (C=O) groups excluding carboxylic acids is 1. The normalized spacial score (nSPS) is 11.9. The molecule has 0 saturated carbocycles. The molecule has 0 spiro atoms. The summed E-state index contributed by atoms with van der Waals surface area (Å²) in [5.41, 5.74) is 0.988. The minimum absolute atomic E-state index is 0.0979. The summed E-state index contributed by atoms with van der Waals surface area (Å²) < 4.78 is 5.20. The molecule has 0 saturated heterocycles. The first kappa shape index (κ1) is 15.3.